The first-order valence-corrected chi connectivity index (χ1v) is 7.61. The van der Waals surface area contributed by atoms with Crippen molar-refractivity contribution in [2.45, 2.75) is 6.92 Å². The SMILES string of the molecule is CCOC(=O)c1cn(-c2ccc(OC)cc2)c2ccccc2c1=O. The number of ether oxygens (including phenoxy) is 2. The van der Waals surface area contributed by atoms with Crippen LogP contribution in [0.25, 0.3) is 16.6 Å². The number of rotatable bonds is 4. The summed E-state index contributed by atoms with van der Waals surface area (Å²) >= 11 is 0. The topological polar surface area (TPSA) is 57.5 Å². The van der Waals surface area contributed by atoms with Gasteiger partial charge >= 0.3 is 5.97 Å². The number of pyridine rings is 1. The van der Waals surface area contributed by atoms with Crippen molar-refractivity contribution in [2.24, 2.45) is 0 Å². The standard InChI is InChI=1S/C19H17NO4/c1-3-24-19(22)16-12-20(13-8-10-14(23-2)11-9-13)17-7-5-4-6-15(17)18(16)21/h4-12H,3H2,1-2H3. The average molecular weight is 323 g/mol. The van der Waals surface area contributed by atoms with Crippen LogP contribution in [0.15, 0.2) is 59.5 Å². The molecule has 0 aliphatic heterocycles. The van der Waals surface area contributed by atoms with Crippen LogP contribution in [0.5, 0.6) is 5.75 Å². The lowest BCUT2D eigenvalue weighted by molar-refractivity contribution is 0.0524. The molecule has 0 atom stereocenters. The highest BCUT2D eigenvalue weighted by Crippen LogP contribution is 2.20. The number of hydrogen-bond donors (Lipinski definition) is 0. The van der Waals surface area contributed by atoms with Crippen molar-refractivity contribution in [3.05, 3.63) is 70.5 Å². The van der Waals surface area contributed by atoms with E-state index in [2.05, 4.69) is 0 Å². The molecule has 0 saturated carbocycles. The van der Waals surface area contributed by atoms with E-state index in [9.17, 15) is 9.59 Å². The molecule has 0 aliphatic carbocycles. The van der Waals surface area contributed by atoms with E-state index in [4.69, 9.17) is 9.47 Å². The van der Waals surface area contributed by atoms with Gasteiger partial charge in [-0.1, -0.05) is 12.1 Å². The van der Waals surface area contributed by atoms with Gasteiger partial charge in [0.2, 0.25) is 5.43 Å². The number of aromatic nitrogens is 1. The minimum Gasteiger partial charge on any atom is -0.497 e. The second-order valence-electron chi connectivity index (χ2n) is 5.18. The normalized spacial score (nSPS) is 10.6. The monoisotopic (exact) mass is 323 g/mol. The van der Waals surface area contributed by atoms with Gasteiger partial charge in [-0.15, -0.1) is 0 Å². The van der Waals surface area contributed by atoms with Gasteiger partial charge in [-0.25, -0.2) is 4.79 Å². The molecule has 3 aromatic rings. The van der Waals surface area contributed by atoms with Gasteiger partial charge in [0.1, 0.15) is 11.3 Å². The first kappa shape index (κ1) is 15.8. The summed E-state index contributed by atoms with van der Waals surface area (Å²) in [6, 6.07) is 14.6. The molecule has 0 N–H and O–H groups in total. The fourth-order valence-electron chi connectivity index (χ4n) is 2.59. The number of carbonyl (C=O) groups is 1. The second kappa shape index (κ2) is 6.58. The van der Waals surface area contributed by atoms with Gasteiger partial charge < -0.3 is 14.0 Å². The quantitative estimate of drug-likeness (QED) is 0.692. The number of nitrogens with zero attached hydrogens (tertiary/aromatic N) is 1. The lowest BCUT2D eigenvalue weighted by Crippen LogP contribution is -2.20. The zero-order valence-electron chi connectivity index (χ0n) is 13.5. The van der Waals surface area contributed by atoms with Crippen LogP contribution >= 0.6 is 0 Å². The minimum atomic E-state index is -0.615. The van der Waals surface area contributed by atoms with Crippen molar-refractivity contribution >= 4 is 16.9 Å². The lowest BCUT2D eigenvalue weighted by atomic mass is 10.1. The zero-order chi connectivity index (χ0) is 17.1. The zero-order valence-corrected chi connectivity index (χ0v) is 13.5. The third-order valence-corrected chi connectivity index (χ3v) is 3.76. The van der Waals surface area contributed by atoms with Crippen LogP contribution in [0.2, 0.25) is 0 Å². The molecule has 5 nitrogen and oxygen atoms in total. The molecule has 2 aromatic carbocycles. The third kappa shape index (κ3) is 2.76. The number of hydrogen-bond acceptors (Lipinski definition) is 4. The molecule has 3 rings (SSSR count). The smallest absolute Gasteiger partial charge is 0.343 e. The Morgan fingerprint density at radius 3 is 2.46 bits per heavy atom. The second-order valence-corrected chi connectivity index (χ2v) is 5.18. The molecular formula is C19H17NO4. The van der Waals surface area contributed by atoms with Crippen molar-refractivity contribution in [1.82, 2.24) is 4.57 Å². The molecule has 24 heavy (non-hydrogen) atoms. The van der Waals surface area contributed by atoms with Crippen LogP contribution in [0.4, 0.5) is 0 Å². The first-order valence-electron chi connectivity index (χ1n) is 7.61. The highest BCUT2D eigenvalue weighted by atomic mass is 16.5. The summed E-state index contributed by atoms with van der Waals surface area (Å²) in [6.45, 7) is 1.93. The van der Waals surface area contributed by atoms with E-state index >= 15 is 0 Å². The Morgan fingerprint density at radius 2 is 1.79 bits per heavy atom. The van der Waals surface area contributed by atoms with Gasteiger partial charge in [-0.2, -0.15) is 0 Å². The van der Waals surface area contributed by atoms with Crippen molar-refractivity contribution in [2.75, 3.05) is 13.7 Å². The molecule has 0 unspecified atom stereocenters. The summed E-state index contributed by atoms with van der Waals surface area (Å²) in [5.41, 5.74) is 1.23. The summed E-state index contributed by atoms with van der Waals surface area (Å²) in [5.74, 6) is 0.116. The molecule has 0 fully saturated rings. The molecule has 0 radical (unpaired) electrons. The van der Waals surface area contributed by atoms with E-state index in [0.29, 0.717) is 5.39 Å². The average Bonchev–Trinajstić information content (AvgIpc) is 2.62. The van der Waals surface area contributed by atoms with E-state index in [-0.39, 0.29) is 17.6 Å². The minimum absolute atomic E-state index is 0.0198. The summed E-state index contributed by atoms with van der Waals surface area (Å²) in [6.07, 6.45) is 1.53. The van der Waals surface area contributed by atoms with Gasteiger partial charge in [0.05, 0.1) is 19.2 Å². The molecule has 5 heteroatoms. The summed E-state index contributed by atoms with van der Waals surface area (Å²) in [7, 11) is 1.60. The molecule has 0 bridgehead atoms. The van der Waals surface area contributed by atoms with E-state index < -0.39 is 5.97 Å². The number of esters is 1. The Balaban J connectivity index is 2.27. The molecule has 122 valence electrons. The fourth-order valence-corrected chi connectivity index (χ4v) is 2.59. The van der Waals surface area contributed by atoms with Gasteiger partial charge in [-0.05, 0) is 43.3 Å². The van der Waals surface area contributed by atoms with Gasteiger partial charge in [0.15, 0.2) is 0 Å². The molecule has 1 aromatic heterocycles. The van der Waals surface area contributed by atoms with Crippen molar-refractivity contribution < 1.29 is 14.3 Å². The molecule has 0 saturated heterocycles. The molecule has 0 spiro atoms. The van der Waals surface area contributed by atoms with Crippen LogP contribution in [-0.2, 0) is 4.74 Å². The Hall–Kier alpha value is -3.08. The summed E-state index contributed by atoms with van der Waals surface area (Å²) < 4.78 is 12.0. The first-order chi connectivity index (χ1) is 11.7. The number of methoxy groups -OCH3 is 1. The van der Waals surface area contributed by atoms with Crippen molar-refractivity contribution in [1.29, 1.82) is 0 Å². The maximum absolute atomic E-state index is 12.6. The van der Waals surface area contributed by atoms with Crippen molar-refractivity contribution in [3.8, 4) is 11.4 Å². The van der Waals surface area contributed by atoms with Crippen LogP contribution < -0.4 is 10.2 Å². The number of para-hydroxylation sites is 1. The predicted molar refractivity (Wildman–Crippen MR) is 92.1 cm³/mol. The summed E-state index contributed by atoms with van der Waals surface area (Å²) in [4.78, 5) is 24.7. The third-order valence-electron chi connectivity index (χ3n) is 3.76. The Labute approximate surface area is 139 Å². The lowest BCUT2D eigenvalue weighted by Gasteiger charge is -2.13. The molecule has 0 aliphatic rings. The number of benzene rings is 2. The van der Waals surface area contributed by atoms with Gasteiger partial charge in [0.25, 0.3) is 0 Å². The van der Waals surface area contributed by atoms with E-state index in [1.54, 1.807) is 26.2 Å². The highest BCUT2D eigenvalue weighted by Gasteiger charge is 2.16. The number of carbonyl (C=O) groups excluding carboxylic acids is 1. The molecule has 1 heterocycles. The maximum Gasteiger partial charge on any atom is 0.343 e. The van der Waals surface area contributed by atoms with Crippen molar-refractivity contribution in [3.63, 3.8) is 0 Å². The Morgan fingerprint density at radius 1 is 1.08 bits per heavy atom. The van der Waals surface area contributed by atoms with Crippen LogP contribution in [0, 0.1) is 0 Å². The Bertz CT molecular complexity index is 942. The van der Waals surface area contributed by atoms with Crippen LogP contribution in [0.1, 0.15) is 17.3 Å². The van der Waals surface area contributed by atoms with E-state index in [1.165, 1.54) is 6.20 Å². The Kier molecular flexibility index (Phi) is 4.33. The summed E-state index contributed by atoms with van der Waals surface area (Å²) in [5, 5.41) is 0.471. The van der Waals surface area contributed by atoms with Crippen LogP contribution in [0.3, 0.4) is 0 Å². The molecular weight excluding hydrogens is 306 g/mol. The predicted octanol–water partition coefficient (Wildman–Crippen LogP) is 3.18. The largest absolute Gasteiger partial charge is 0.497 e. The maximum atomic E-state index is 12.6. The highest BCUT2D eigenvalue weighted by molar-refractivity contribution is 5.94. The molecule has 0 amide bonds. The van der Waals surface area contributed by atoms with E-state index in [1.807, 2.05) is 41.0 Å². The number of fused-ring (bicyclic) bond motifs is 1. The fraction of sp³-hybridized carbons (Fsp3) is 0.158. The van der Waals surface area contributed by atoms with Gasteiger partial charge in [0, 0.05) is 17.3 Å². The van der Waals surface area contributed by atoms with Crippen LogP contribution in [-0.4, -0.2) is 24.3 Å². The van der Waals surface area contributed by atoms with E-state index in [0.717, 1.165) is 17.0 Å². The van der Waals surface area contributed by atoms with Gasteiger partial charge in [-0.3, -0.25) is 4.79 Å².